The van der Waals surface area contributed by atoms with Crippen molar-refractivity contribution in [2.75, 3.05) is 19.7 Å². The zero-order chi connectivity index (χ0) is 21.2. The Morgan fingerprint density at radius 3 is 2.45 bits per heavy atom. The number of ether oxygens (including phenoxy) is 1. The SMILES string of the molecule is N#Cc1ccc(S(=O)(=O)N2C[C@H](Oc3ccc(C#N)c(F)c3)[C@](O)(CO)C2)cc1. The Morgan fingerprint density at radius 1 is 1.21 bits per heavy atom. The van der Waals surface area contributed by atoms with Crippen molar-refractivity contribution in [2.24, 2.45) is 0 Å². The summed E-state index contributed by atoms with van der Waals surface area (Å²) in [5.41, 5.74) is -1.81. The number of aliphatic hydroxyl groups is 2. The first-order chi connectivity index (χ1) is 13.7. The summed E-state index contributed by atoms with van der Waals surface area (Å²) in [7, 11) is -4.03. The number of sulfonamides is 1. The molecule has 150 valence electrons. The number of benzene rings is 2. The van der Waals surface area contributed by atoms with Crippen molar-refractivity contribution >= 4 is 10.0 Å². The molecule has 0 spiro atoms. The highest BCUT2D eigenvalue weighted by Crippen LogP contribution is 2.31. The van der Waals surface area contributed by atoms with Gasteiger partial charge in [-0.1, -0.05) is 0 Å². The van der Waals surface area contributed by atoms with Crippen LogP contribution >= 0.6 is 0 Å². The molecule has 8 nitrogen and oxygen atoms in total. The van der Waals surface area contributed by atoms with Gasteiger partial charge in [-0.25, -0.2) is 12.8 Å². The monoisotopic (exact) mass is 417 g/mol. The van der Waals surface area contributed by atoms with Gasteiger partial charge < -0.3 is 14.9 Å². The van der Waals surface area contributed by atoms with Crippen LogP contribution in [0.3, 0.4) is 0 Å². The molecule has 0 radical (unpaired) electrons. The molecule has 0 aromatic heterocycles. The highest BCUT2D eigenvalue weighted by Gasteiger charge is 2.50. The van der Waals surface area contributed by atoms with Crippen molar-refractivity contribution in [1.29, 1.82) is 10.5 Å². The highest BCUT2D eigenvalue weighted by atomic mass is 32.2. The summed E-state index contributed by atoms with van der Waals surface area (Å²) < 4.78 is 46.1. The number of aliphatic hydroxyl groups excluding tert-OH is 1. The Morgan fingerprint density at radius 2 is 1.90 bits per heavy atom. The predicted octanol–water partition coefficient (Wildman–Crippen LogP) is 0.744. The average molecular weight is 417 g/mol. The van der Waals surface area contributed by atoms with Gasteiger partial charge in [0.1, 0.15) is 29.3 Å². The standard InChI is InChI=1S/C19H16FN3O5S/c20-17-7-15(4-3-14(17)9-22)28-18-10-23(11-19(18,25)12-24)29(26,27)16-5-1-13(8-21)2-6-16/h1-7,18,24-25H,10-12H2/t18-,19+/m0/s1. The lowest BCUT2D eigenvalue weighted by Crippen LogP contribution is -2.48. The molecule has 10 heteroatoms. The van der Waals surface area contributed by atoms with Gasteiger partial charge in [0, 0.05) is 12.6 Å². The van der Waals surface area contributed by atoms with E-state index in [1.165, 1.54) is 36.4 Å². The molecular weight excluding hydrogens is 401 g/mol. The first-order valence-electron chi connectivity index (χ1n) is 8.43. The van der Waals surface area contributed by atoms with Crippen LogP contribution in [0.15, 0.2) is 47.4 Å². The van der Waals surface area contributed by atoms with Crippen LogP contribution in [0.1, 0.15) is 11.1 Å². The fraction of sp³-hybridized carbons (Fsp3) is 0.263. The van der Waals surface area contributed by atoms with Crippen molar-refractivity contribution in [1.82, 2.24) is 4.31 Å². The molecule has 2 atom stereocenters. The molecular formula is C19H16FN3O5S. The van der Waals surface area contributed by atoms with Crippen LogP contribution in [0, 0.1) is 28.5 Å². The summed E-state index contributed by atoms with van der Waals surface area (Å²) in [6.45, 7) is -1.51. The predicted molar refractivity (Wildman–Crippen MR) is 97.5 cm³/mol. The summed E-state index contributed by atoms with van der Waals surface area (Å²) in [6, 6.07) is 12.3. The maximum Gasteiger partial charge on any atom is 0.243 e. The van der Waals surface area contributed by atoms with E-state index in [1.54, 1.807) is 6.07 Å². The normalized spacial score (nSPS) is 22.0. The minimum absolute atomic E-state index is 0.0176. The number of hydrogen-bond acceptors (Lipinski definition) is 7. The Hall–Kier alpha value is -3.02. The Kier molecular flexibility index (Phi) is 5.55. The third kappa shape index (κ3) is 3.92. The topological polar surface area (TPSA) is 135 Å². The molecule has 0 unspecified atom stereocenters. The van der Waals surface area contributed by atoms with Gasteiger partial charge in [0.2, 0.25) is 10.0 Å². The number of rotatable bonds is 5. The van der Waals surface area contributed by atoms with Crippen LogP contribution < -0.4 is 4.74 Å². The molecule has 0 amide bonds. The molecule has 2 N–H and O–H groups in total. The third-order valence-corrected chi connectivity index (χ3v) is 6.48. The summed E-state index contributed by atoms with van der Waals surface area (Å²) in [4.78, 5) is -0.0816. The van der Waals surface area contributed by atoms with Gasteiger partial charge in [-0.05, 0) is 36.4 Å². The smallest absolute Gasteiger partial charge is 0.243 e. The zero-order valence-corrected chi connectivity index (χ0v) is 15.8. The average Bonchev–Trinajstić information content (AvgIpc) is 3.06. The summed E-state index contributed by atoms with van der Waals surface area (Å²) >= 11 is 0. The minimum Gasteiger partial charge on any atom is -0.486 e. The maximum absolute atomic E-state index is 13.8. The molecule has 29 heavy (non-hydrogen) atoms. The Balaban J connectivity index is 1.86. The van der Waals surface area contributed by atoms with Gasteiger partial charge >= 0.3 is 0 Å². The Labute approximate surface area is 166 Å². The summed E-state index contributed by atoms with van der Waals surface area (Å²) in [6.07, 6.45) is -1.17. The van der Waals surface area contributed by atoms with Crippen molar-refractivity contribution in [3.05, 3.63) is 59.4 Å². The maximum atomic E-state index is 13.8. The van der Waals surface area contributed by atoms with Gasteiger partial charge in [0.05, 0.1) is 35.2 Å². The van der Waals surface area contributed by atoms with E-state index >= 15 is 0 Å². The largest absolute Gasteiger partial charge is 0.486 e. The minimum atomic E-state index is -4.03. The lowest BCUT2D eigenvalue weighted by Gasteiger charge is -2.27. The third-order valence-electron chi connectivity index (χ3n) is 4.65. The van der Waals surface area contributed by atoms with E-state index in [2.05, 4.69) is 0 Å². The van der Waals surface area contributed by atoms with E-state index in [0.29, 0.717) is 5.56 Å². The second-order valence-electron chi connectivity index (χ2n) is 6.56. The van der Waals surface area contributed by atoms with E-state index in [9.17, 15) is 23.0 Å². The fourth-order valence-electron chi connectivity index (χ4n) is 2.98. The van der Waals surface area contributed by atoms with Crippen molar-refractivity contribution in [2.45, 2.75) is 16.6 Å². The van der Waals surface area contributed by atoms with Crippen LogP contribution in [0.2, 0.25) is 0 Å². The number of nitriles is 2. The van der Waals surface area contributed by atoms with Gasteiger partial charge in [0.25, 0.3) is 0 Å². The molecule has 1 saturated heterocycles. The number of halogens is 1. The van der Waals surface area contributed by atoms with Crippen molar-refractivity contribution in [3.63, 3.8) is 0 Å². The lowest BCUT2D eigenvalue weighted by molar-refractivity contribution is -0.0641. The second kappa shape index (κ2) is 7.78. The van der Waals surface area contributed by atoms with Crippen LogP contribution in [0.4, 0.5) is 4.39 Å². The molecule has 0 aliphatic carbocycles. The summed E-state index contributed by atoms with van der Waals surface area (Å²) in [5, 5.41) is 37.9. The van der Waals surface area contributed by atoms with Crippen LogP contribution in [0.25, 0.3) is 0 Å². The van der Waals surface area contributed by atoms with Gasteiger partial charge in [0.15, 0.2) is 0 Å². The van der Waals surface area contributed by atoms with Crippen LogP contribution in [-0.2, 0) is 10.0 Å². The molecule has 1 fully saturated rings. The van der Waals surface area contributed by atoms with E-state index in [4.69, 9.17) is 15.3 Å². The molecule has 0 bridgehead atoms. The number of nitrogens with zero attached hydrogens (tertiary/aromatic N) is 3. The van der Waals surface area contributed by atoms with Crippen LogP contribution in [0.5, 0.6) is 5.75 Å². The van der Waals surface area contributed by atoms with Gasteiger partial charge in [-0.3, -0.25) is 0 Å². The quantitative estimate of drug-likeness (QED) is 0.733. The van der Waals surface area contributed by atoms with Gasteiger partial charge in [-0.15, -0.1) is 0 Å². The highest BCUT2D eigenvalue weighted by molar-refractivity contribution is 7.89. The van der Waals surface area contributed by atoms with Gasteiger partial charge in [-0.2, -0.15) is 14.8 Å². The van der Waals surface area contributed by atoms with E-state index in [1.807, 2.05) is 6.07 Å². The first-order valence-corrected chi connectivity index (χ1v) is 9.87. The second-order valence-corrected chi connectivity index (χ2v) is 8.49. The molecule has 0 saturated carbocycles. The first kappa shape index (κ1) is 20.7. The van der Waals surface area contributed by atoms with E-state index in [0.717, 1.165) is 10.4 Å². The van der Waals surface area contributed by atoms with E-state index in [-0.39, 0.29) is 22.8 Å². The lowest BCUT2D eigenvalue weighted by atomic mass is 10.0. The molecule has 3 rings (SSSR count). The summed E-state index contributed by atoms with van der Waals surface area (Å²) in [5.74, 6) is -0.839. The van der Waals surface area contributed by atoms with E-state index < -0.39 is 40.7 Å². The molecule has 1 aliphatic rings. The van der Waals surface area contributed by atoms with Crippen LogP contribution in [-0.4, -0.2) is 54.3 Å². The fourth-order valence-corrected chi connectivity index (χ4v) is 4.49. The number of β-amino-alcohol motifs (C(OH)–C–C–N with tert-alkyl or cyclic N) is 1. The Bertz CT molecular complexity index is 1110. The molecule has 2 aromatic carbocycles. The zero-order valence-electron chi connectivity index (χ0n) is 15.0. The molecule has 1 aliphatic heterocycles. The van der Waals surface area contributed by atoms with Crippen molar-refractivity contribution in [3.8, 4) is 17.9 Å². The van der Waals surface area contributed by atoms with Crippen molar-refractivity contribution < 1.29 is 27.8 Å². The molecule has 1 heterocycles. The molecule has 2 aromatic rings. The number of hydrogen-bond donors (Lipinski definition) is 2.